The Bertz CT molecular complexity index is 431. The minimum absolute atomic E-state index is 0.0438. The smallest absolute Gasteiger partial charge is 0.376 e. The van der Waals surface area contributed by atoms with Gasteiger partial charge in [-0.15, -0.1) is 0 Å². The van der Waals surface area contributed by atoms with E-state index < -0.39 is 18.3 Å². The van der Waals surface area contributed by atoms with Gasteiger partial charge < -0.3 is 9.47 Å². The van der Waals surface area contributed by atoms with Gasteiger partial charge in [-0.1, -0.05) is 65.7 Å². The van der Waals surface area contributed by atoms with Gasteiger partial charge in [-0.25, -0.2) is 4.79 Å². The number of halogens is 2. The first-order valence-corrected chi connectivity index (χ1v) is 10.7. The van der Waals surface area contributed by atoms with E-state index in [0.717, 1.165) is 57.8 Å². The number of ether oxygens (including phenoxy) is 2. The second kappa shape index (κ2) is 14.7. The summed E-state index contributed by atoms with van der Waals surface area (Å²) >= 11 is 0. The summed E-state index contributed by atoms with van der Waals surface area (Å²) in [6, 6.07) is 0. The number of carbonyl (C=O) groups excluding carboxylic acids is 2. The van der Waals surface area contributed by atoms with Gasteiger partial charge in [0.2, 0.25) is 0 Å². The summed E-state index contributed by atoms with van der Waals surface area (Å²) in [6.45, 7) is 6.55. The number of carbonyl (C=O) groups is 2. The Hall–Kier alpha value is -1.20. The van der Waals surface area contributed by atoms with E-state index in [9.17, 15) is 18.4 Å². The van der Waals surface area contributed by atoms with Crippen LogP contribution in [-0.4, -0.2) is 31.6 Å². The average molecular weight is 407 g/mol. The molecule has 0 aromatic rings. The minimum Gasteiger partial charge on any atom is -0.469 e. The van der Waals surface area contributed by atoms with E-state index in [2.05, 4.69) is 25.5 Å². The highest BCUT2D eigenvalue weighted by Crippen LogP contribution is 2.26. The van der Waals surface area contributed by atoms with Crippen molar-refractivity contribution in [3.63, 3.8) is 0 Å². The van der Waals surface area contributed by atoms with Crippen molar-refractivity contribution in [1.29, 1.82) is 0 Å². The lowest BCUT2D eigenvalue weighted by Crippen LogP contribution is -2.31. The van der Waals surface area contributed by atoms with Gasteiger partial charge in [0.1, 0.15) is 0 Å². The number of esters is 2. The van der Waals surface area contributed by atoms with E-state index in [1.54, 1.807) is 0 Å². The Morgan fingerprint density at radius 3 is 1.82 bits per heavy atom. The normalized spacial score (nSPS) is 12.1. The molecule has 0 spiro atoms. The fraction of sp³-hybridized carbons (Fsp3) is 0.909. The third-order valence-electron chi connectivity index (χ3n) is 4.70. The van der Waals surface area contributed by atoms with Gasteiger partial charge in [-0.05, 0) is 31.1 Å². The minimum atomic E-state index is -3.38. The number of methoxy groups -OCH3 is 1. The maximum Gasteiger partial charge on any atom is 0.376 e. The molecule has 0 aromatic carbocycles. The molecule has 0 N–H and O–H groups in total. The Balaban J connectivity index is 3.64. The monoisotopic (exact) mass is 406 g/mol. The van der Waals surface area contributed by atoms with Crippen LogP contribution in [0.2, 0.25) is 0 Å². The Kier molecular flexibility index (Phi) is 14.1. The summed E-state index contributed by atoms with van der Waals surface area (Å²) in [5.41, 5.74) is 0.275. The molecule has 0 atom stereocenters. The summed E-state index contributed by atoms with van der Waals surface area (Å²) in [5.74, 6) is -4.96. The predicted molar refractivity (Wildman–Crippen MR) is 107 cm³/mol. The van der Waals surface area contributed by atoms with Crippen molar-refractivity contribution in [3.05, 3.63) is 0 Å². The van der Waals surface area contributed by atoms with Crippen LogP contribution in [0.15, 0.2) is 0 Å². The number of unbranched alkanes of at least 4 members (excludes halogenated alkanes) is 8. The first kappa shape index (κ1) is 26.8. The predicted octanol–water partition coefficient (Wildman–Crippen LogP) is 6.46. The lowest BCUT2D eigenvalue weighted by Gasteiger charge is -2.18. The molecule has 4 nitrogen and oxygen atoms in total. The van der Waals surface area contributed by atoms with Crippen LogP contribution in [0.4, 0.5) is 8.78 Å². The Morgan fingerprint density at radius 2 is 1.25 bits per heavy atom. The second-order valence-electron chi connectivity index (χ2n) is 8.76. The molecule has 0 fully saturated rings. The van der Waals surface area contributed by atoms with E-state index in [0.29, 0.717) is 19.3 Å². The van der Waals surface area contributed by atoms with Crippen LogP contribution in [0.25, 0.3) is 0 Å². The standard InChI is InChI=1S/C22H40F2O4/c1-21(2,3)16-12-8-9-13-17-22(23,24)20(26)28-18-14-10-6-5-7-11-15-19(25)27-4/h5-18H2,1-4H3. The summed E-state index contributed by atoms with van der Waals surface area (Å²) in [6.07, 6.45) is 9.14. The van der Waals surface area contributed by atoms with Gasteiger partial charge in [0.15, 0.2) is 0 Å². The maximum absolute atomic E-state index is 13.8. The Labute approximate surface area is 169 Å². The molecule has 0 unspecified atom stereocenters. The van der Waals surface area contributed by atoms with Crippen LogP contribution in [0.1, 0.15) is 104 Å². The number of alkyl halides is 2. The molecule has 0 saturated heterocycles. The van der Waals surface area contributed by atoms with Crippen LogP contribution < -0.4 is 0 Å². The zero-order valence-corrected chi connectivity index (χ0v) is 18.3. The highest BCUT2D eigenvalue weighted by Gasteiger charge is 2.39. The third-order valence-corrected chi connectivity index (χ3v) is 4.70. The van der Waals surface area contributed by atoms with Crippen molar-refractivity contribution in [2.75, 3.05) is 13.7 Å². The van der Waals surface area contributed by atoms with Gasteiger partial charge in [0.25, 0.3) is 0 Å². The molecule has 0 aliphatic heterocycles. The third kappa shape index (κ3) is 15.8. The van der Waals surface area contributed by atoms with Crippen molar-refractivity contribution in [2.45, 2.75) is 110 Å². The number of hydrogen-bond donors (Lipinski definition) is 0. The number of hydrogen-bond acceptors (Lipinski definition) is 4. The van der Waals surface area contributed by atoms with Gasteiger partial charge >= 0.3 is 17.9 Å². The maximum atomic E-state index is 13.8. The van der Waals surface area contributed by atoms with Crippen LogP contribution >= 0.6 is 0 Å². The van der Waals surface area contributed by atoms with E-state index in [1.807, 2.05) is 0 Å². The molecule has 6 heteroatoms. The summed E-state index contributed by atoms with van der Waals surface area (Å²) in [7, 11) is 1.38. The Morgan fingerprint density at radius 1 is 0.750 bits per heavy atom. The number of rotatable bonds is 16. The molecular formula is C22H40F2O4. The van der Waals surface area contributed by atoms with Gasteiger partial charge in [-0.2, -0.15) is 8.78 Å². The van der Waals surface area contributed by atoms with E-state index in [-0.39, 0.29) is 18.0 Å². The summed E-state index contributed by atoms with van der Waals surface area (Å²) in [5, 5.41) is 0. The van der Waals surface area contributed by atoms with Crippen LogP contribution in [0, 0.1) is 5.41 Å². The fourth-order valence-electron chi connectivity index (χ4n) is 2.91. The molecule has 0 amide bonds. The van der Waals surface area contributed by atoms with Crippen molar-refractivity contribution in [3.8, 4) is 0 Å². The average Bonchev–Trinajstić information content (AvgIpc) is 2.61. The molecule has 0 saturated carbocycles. The molecular weight excluding hydrogens is 366 g/mol. The van der Waals surface area contributed by atoms with Crippen molar-refractivity contribution in [2.24, 2.45) is 5.41 Å². The zero-order valence-electron chi connectivity index (χ0n) is 18.3. The molecule has 0 heterocycles. The first-order valence-electron chi connectivity index (χ1n) is 10.7. The van der Waals surface area contributed by atoms with Crippen molar-refractivity contribution < 1.29 is 27.8 Å². The zero-order chi connectivity index (χ0) is 21.5. The first-order chi connectivity index (χ1) is 13.1. The molecule has 0 aliphatic carbocycles. The quantitative estimate of drug-likeness (QED) is 0.218. The van der Waals surface area contributed by atoms with Crippen LogP contribution in [0.3, 0.4) is 0 Å². The van der Waals surface area contributed by atoms with Crippen molar-refractivity contribution in [1.82, 2.24) is 0 Å². The summed E-state index contributed by atoms with van der Waals surface area (Å²) in [4.78, 5) is 22.5. The molecule has 0 aliphatic rings. The largest absolute Gasteiger partial charge is 0.469 e. The van der Waals surface area contributed by atoms with Crippen molar-refractivity contribution >= 4 is 11.9 Å². The van der Waals surface area contributed by atoms with E-state index in [4.69, 9.17) is 4.74 Å². The van der Waals surface area contributed by atoms with Gasteiger partial charge in [-0.3, -0.25) is 4.79 Å². The molecule has 166 valence electrons. The highest BCUT2D eigenvalue weighted by molar-refractivity contribution is 5.77. The molecule has 0 radical (unpaired) electrons. The highest BCUT2D eigenvalue weighted by atomic mass is 19.3. The molecule has 0 bridgehead atoms. The van der Waals surface area contributed by atoms with E-state index >= 15 is 0 Å². The molecule has 0 aromatic heterocycles. The molecule has 28 heavy (non-hydrogen) atoms. The lowest BCUT2D eigenvalue weighted by atomic mass is 9.89. The SMILES string of the molecule is COC(=O)CCCCCCCCOC(=O)C(F)(F)CCCCCCC(C)(C)C. The summed E-state index contributed by atoms with van der Waals surface area (Å²) < 4.78 is 36.9. The van der Waals surface area contributed by atoms with Gasteiger partial charge in [0, 0.05) is 12.8 Å². The van der Waals surface area contributed by atoms with Gasteiger partial charge in [0.05, 0.1) is 13.7 Å². The van der Waals surface area contributed by atoms with Crippen LogP contribution in [-0.2, 0) is 19.1 Å². The van der Waals surface area contributed by atoms with E-state index in [1.165, 1.54) is 7.11 Å². The topological polar surface area (TPSA) is 52.6 Å². The second-order valence-corrected chi connectivity index (χ2v) is 8.76. The fourth-order valence-corrected chi connectivity index (χ4v) is 2.91. The van der Waals surface area contributed by atoms with Crippen LogP contribution in [0.5, 0.6) is 0 Å². The molecule has 0 rings (SSSR count). The lowest BCUT2D eigenvalue weighted by molar-refractivity contribution is -0.173.